The first kappa shape index (κ1) is 20.7. The van der Waals surface area contributed by atoms with E-state index < -0.39 is 0 Å². The predicted molar refractivity (Wildman–Crippen MR) is 103 cm³/mol. The largest absolute Gasteiger partial charge is 0.467 e. The smallest absolute Gasteiger partial charge is 0.191 e. The molecule has 7 heteroatoms. The number of ether oxygens (including phenoxy) is 2. The van der Waals surface area contributed by atoms with E-state index in [-0.39, 0.29) is 0 Å². The number of rotatable bonds is 14. The molecular formula is C19H34N4O3. The molecule has 0 spiro atoms. The minimum absolute atomic E-state index is 0.521. The van der Waals surface area contributed by atoms with Gasteiger partial charge in [-0.25, -0.2) is 0 Å². The number of aliphatic imine (C=N–C) groups is 1. The topological polar surface area (TPSA) is 71.3 Å². The molecule has 0 amide bonds. The lowest BCUT2D eigenvalue weighted by molar-refractivity contribution is 0.105. The molecule has 1 aliphatic rings. The lowest BCUT2D eigenvalue weighted by Gasteiger charge is -2.22. The monoisotopic (exact) mass is 366 g/mol. The summed E-state index contributed by atoms with van der Waals surface area (Å²) in [5, 5.41) is 6.72. The van der Waals surface area contributed by atoms with E-state index >= 15 is 0 Å². The molecule has 0 bridgehead atoms. The second kappa shape index (κ2) is 12.7. The molecule has 1 aromatic heterocycles. The van der Waals surface area contributed by atoms with Gasteiger partial charge in [0.2, 0.25) is 0 Å². The fourth-order valence-corrected chi connectivity index (χ4v) is 2.71. The van der Waals surface area contributed by atoms with Crippen LogP contribution < -0.4 is 10.6 Å². The summed E-state index contributed by atoms with van der Waals surface area (Å²) in [6.45, 7) is 8.58. The van der Waals surface area contributed by atoms with E-state index in [4.69, 9.17) is 13.9 Å². The average Bonchev–Trinajstić information content (AvgIpc) is 3.36. The zero-order valence-corrected chi connectivity index (χ0v) is 16.2. The van der Waals surface area contributed by atoms with Gasteiger partial charge >= 0.3 is 0 Å². The number of furan rings is 1. The Kier molecular flexibility index (Phi) is 10.2. The van der Waals surface area contributed by atoms with Crippen LogP contribution in [-0.2, 0) is 16.1 Å². The van der Waals surface area contributed by atoms with E-state index in [0.29, 0.717) is 13.2 Å². The van der Waals surface area contributed by atoms with E-state index in [2.05, 4.69) is 27.4 Å². The van der Waals surface area contributed by atoms with Crippen molar-refractivity contribution < 1.29 is 13.9 Å². The number of methoxy groups -OCH3 is 1. The molecule has 26 heavy (non-hydrogen) atoms. The number of nitrogens with one attached hydrogen (secondary N) is 2. The van der Waals surface area contributed by atoms with Crippen LogP contribution in [0.5, 0.6) is 0 Å². The first-order valence-electron chi connectivity index (χ1n) is 9.68. The molecule has 0 atom stereocenters. The second-order valence-electron chi connectivity index (χ2n) is 6.43. The molecule has 1 heterocycles. The Hall–Kier alpha value is -1.57. The molecule has 0 aromatic carbocycles. The van der Waals surface area contributed by atoms with E-state index in [1.807, 2.05) is 12.1 Å². The van der Waals surface area contributed by atoms with Crippen molar-refractivity contribution in [2.75, 3.05) is 53.0 Å². The Morgan fingerprint density at radius 1 is 1.31 bits per heavy atom. The fraction of sp³-hybridized carbons (Fsp3) is 0.737. The summed E-state index contributed by atoms with van der Waals surface area (Å²) in [6.07, 6.45) is 5.18. The Balaban J connectivity index is 1.59. The van der Waals surface area contributed by atoms with Crippen molar-refractivity contribution in [1.29, 1.82) is 0 Å². The highest BCUT2D eigenvalue weighted by Crippen LogP contribution is 2.25. The highest BCUT2D eigenvalue weighted by molar-refractivity contribution is 5.79. The minimum atomic E-state index is 0.521. The maximum Gasteiger partial charge on any atom is 0.191 e. The van der Waals surface area contributed by atoms with Crippen molar-refractivity contribution in [3.05, 3.63) is 24.2 Å². The lowest BCUT2D eigenvalue weighted by atomic mass is 10.4. The van der Waals surface area contributed by atoms with Gasteiger partial charge in [-0.2, -0.15) is 0 Å². The van der Waals surface area contributed by atoms with Gasteiger partial charge in [0.1, 0.15) is 12.4 Å². The van der Waals surface area contributed by atoms with Crippen LogP contribution in [0.15, 0.2) is 27.8 Å². The Labute approximate surface area is 157 Å². The van der Waals surface area contributed by atoms with Crippen molar-refractivity contribution >= 4 is 5.96 Å². The van der Waals surface area contributed by atoms with E-state index in [1.54, 1.807) is 13.4 Å². The maximum absolute atomic E-state index is 5.58. The van der Waals surface area contributed by atoms with Gasteiger partial charge in [-0.1, -0.05) is 0 Å². The van der Waals surface area contributed by atoms with Crippen molar-refractivity contribution in [3.8, 4) is 0 Å². The first-order chi connectivity index (χ1) is 12.8. The third kappa shape index (κ3) is 8.69. The van der Waals surface area contributed by atoms with E-state index in [1.165, 1.54) is 12.8 Å². The predicted octanol–water partition coefficient (Wildman–Crippen LogP) is 1.85. The van der Waals surface area contributed by atoms with Crippen LogP contribution in [0.25, 0.3) is 0 Å². The van der Waals surface area contributed by atoms with Crippen LogP contribution >= 0.6 is 0 Å². The van der Waals surface area contributed by atoms with Crippen LogP contribution in [-0.4, -0.2) is 69.9 Å². The van der Waals surface area contributed by atoms with Gasteiger partial charge in [0.15, 0.2) is 5.96 Å². The Bertz CT molecular complexity index is 489. The quantitative estimate of drug-likeness (QED) is 0.297. The van der Waals surface area contributed by atoms with Gasteiger partial charge in [-0.15, -0.1) is 0 Å². The third-order valence-corrected chi connectivity index (χ3v) is 4.22. The van der Waals surface area contributed by atoms with Crippen LogP contribution in [0.2, 0.25) is 0 Å². The molecule has 1 aromatic rings. The summed E-state index contributed by atoms with van der Waals surface area (Å²) in [4.78, 5) is 7.12. The average molecular weight is 367 g/mol. The number of guanidine groups is 1. The summed E-state index contributed by atoms with van der Waals surface area (Å²) in [6, 6.07) is 4.54. The van der Waals surface area contributed by atoms with Crippen molar-refractivity contribution in [1.82, 2.24) is 15.5 Å². The zero-order chi connectivity index (χ0) is 18.5. The minimum Gasteiger partial charge on any atom is -0.467 e. The molecule has 2 rings (SSSR count). The Morgan fingerprint density at radius 2 is 2.19 bits per heavy atom. The number of hydrogen-bond acceptors (Lipinski definition) is 5. The Morgan fingerprint density at radius 3 is 2.88 bits per heavy atom. The summed E-state index contributed by atoms with van der Waals surface area (Å²) >= 11 is 0. The maximum atomic E-state index is 5.58. The molecule has 0 unspecified atom stereocenters. The third-order valence-electron chi connectivity index (χ3n) is 4.22. The van der Waals surface area contributed by atoms with Crippen LogP contribution in [0, 0.1) is 0 Å². The van der Waals surface area contributed by atoms with Crippen molar-refractivity contribution in [2.45, 2.75) is 38.8 Å². The molecule has 1 fully saturated rings. The summed E-state index contributed by atoms with van der Waals surface area (Å²) in [7, 11) is 1.76. The first-order valence-corrected chi connectivity index (χ1v) is 9.68. The van der Waals surface area contributed by atoms with Gasteiger partial charge in [-0.05, 0) is 38.3 Å². The standard InChI is InChI=1S/C19H34N4O3/c1-3-20-19(21-9-5-13-25-16-18-6-4-14-26-18)22-10-11-23(12-15-24-2)17-7-8-17/h4,6,14,17H,3,5,7-13,15-16H2,1-2H3,(H2,20,21,22). The van der Waals surface area contributed by atoms with Gasteiger partial charge in [0, 0.05) is 52.5 Å². The molecule has 1 saturated carbocycles. The highest BCUT2D eigenvalue weighted by Gasteiger charge is 2.28. The van der Waals surface area contributed by atoms with Gasteiger partial charge < -0.3 is 24.5 Å². The van der Waals surface area contributed by atoms with E-state index in [9.17, 15) is 0 Å². The molecular weight excluding hydrogens is 332 g/mol. The summed E-state index contributed by atoms with van der Waals surface area (Å²) in [5.74, 6) is 1.73. The van der Waals surface area contributed by atoms with Gasteiger partial charge in [0.25, 0.3) is 0 Å². The molecule has 0 saturated heterocycles. The van der Waals surface area contributed by atoms with Gasteiger partial charge in [-0.3, -0.25) is 9.89 Å². The lowest BCUT2D eigenvalue weighted by Crippen LogP contribution is -2.42. The van der Waals surface area contributed by atoms with Crippen LogP contribution in [0.4, 0.5) is 0 Å². The number of hydrogen-bond donors (Lipinski definition) is 2. The molecule has 148 valence electrons. The summed E-state index contributed by atoms with van der Waals surface area (Å²) in [5.41, 5.74) is 0. The SMILES string of the molecule is CCNC(=NCCCOCc1ccco1)NCCN(CCOC)C1CC1. The van der Waals surface area contributed by atoms with Gasteiger partial charge in [0.05, 0.1) is 12.9 Å². The van der Waals surface area contributed by atoms with Crippen LogP contribution in [0.3, 0.4) is 0 Å². The fourth-order valence-electron chi connectivity index (χ4n) is 2.71. The molecule has 2 N–H and O–H groups in total. The number of nitrogens with zero attached hydrogens (tertiary/aromatic N) is 2. The zero-order valence-electron chi connectivity index (χ0n) is 16.2. The normalized spacial score (nSPS) is 14.8. The molecule has 7 nitrogen and oxygen atoms in total. The van der Waals surface area contributed by atoms with Crippen molar-refractivity contribution in [2.24, 2.45) is 4.99 Å². The van der Waals surface area contributed by atoms with Crippen LogP contribution in [0.1, 0.15) is 31.9 Å². The molecule has 1 aliphatic carbocycles. The molecule has 0 aliphatic heterocycles. The van der Waals surface area contributed by atoms with E-state index in [0.717, 1.165) is 63.5 Å². The van der Waals surface area contributed by atoms with Crippen molar-refractivity contribution in [3.63, 3.8) is 0 Å². The summed E-state index contributed by atoms with van der Waals surface area (Å²) < 4.78 is 16.0. The second-order valence-corrected chi connectivity index (χ2v) is 6.43. The highest BCUT2D eigenvalue weighted by atomic mass is 16.5. The molecule has 0 radical (unpaired) electrons.